The zero-order valence-electron chi connectivity index (χ0n) is 15.5. The molecule has 142 valence electrons. The second-order valence-corrected chi connectivity index (χ2v) is 7.65. The van der Waals surface area contributed by atoms with Crippen molar-refractivity contribution in [2.45, 2.75) is 13.5 Å². The number of hydrogen-bond donors (Lipinski definition) is 1. The first-order chi connectivity index (χ1) is 14.2. The molecule has 0 aliphatic carbocycles. The van der Waals surface area contributed by atoms with E-state index in [4.69, 9.17) is 0 Å². The van der Waals surface area contributed by atoms with E-state index in [0.29, 0.717) is 22.4 Å². The molecule has 1 amide bonds. The lowest BCUT2D eigenvalue weighted by atomic mass is 10.1. The van der Waals surface area contributed by atoms with Crippen LogP contribution in [0.2, 0.25) is 0 Å². The van der Waals surface area contributed by atoms with E-state index in [1.165, 1.54) is 16.0 Å². The number of aryl methyl sites for hydroxylation is 1. The van der Waals surface area contributed by atoms with Crippen molar-refractivity contribution in [2.24, 2.45) is 0 Å². The Labute approximate surface area is 169 Å². The fraction of sp³-hybridized carbons (Fsp3) is 0.0909. The highest BCUT2D eigenvalue weighted by molar-refractivity contribution is 7.22. The number of fused-ring (bicyclic) bond motifs is 4. The Morgan fingerprint density at radius 1 is 1.00 bits per heavy atom. The van der Waals surface area contributed by atoms with Gasteiger partial charge in [-0.3, -0.25) is 14.9 Å². The SMILES string of the molecule is CCn1nc(C(=O)Nc2nc3c(ccc4ccccc43)s2)c2ccccc2c1=O. The summed E-state index contributed by atoms with van der Waals surface area (Å²) in [4.78, 5) is 30.2. The van der Waals surface area contributed by atoms with E-state index >= 15 is 0 Å². The van der Waals surface area contributed by atoms with Crippen LogP contribution in [0.3, 0.4) is 0 Å². The monoisotopic (exact) mass is 400 g/mol. The molecule has 0 saturated carbocycles. The Hall–Kier alpha value is -3.58. The van der Waals surface area contributed by atoms with Gasteiger partial charge in [0.2, 0.25) is 0 Å². The highest BCUT2D eigenvalue weighted by Gasteiger charge is 2.18. The Kier molecular flexibility index (Phi) is 4.10. The number of aromatic nitrogens is 3. The van der Waals surface area contributed by atoms with E-state index in [0.717, 1.165) is 21.0 Å². The maximum Gasteiger partial charge on any atom is 0.278 e. The lowest BCUT2D eigenvalue weighted by molar-refractivity contribution is 0.102. The normalized spacial score (nSPS) is 11.3. The van der Waals surface area contributed by atoms with Crippen LogP contribution < -0.4 is 10.9 Å². The molecule has 0 aliphatic rings. The summed E-state index contributed by atoms with van der Waals surface area (Å²) >= 11 is 1.41. The molecule has 1 N–H and O–H groups in total. The molecule has 0 fully saturated rings. The molecule has 29 heavy (non-hydrogen) atoms. The van der Waals surface area contributed by atoms with Crippen LogP contribution in [0.25, 0.3) is 31.8 Å². The number of anilines is 1. The summed E-state index contributed by atoms with van der Waals surface area (Å²) in [6.45, 7) is 2.21. The zero-order chi connectivity index (χ0) is 20.0. The minimum Gasteiger partial charge on any atom is -0.296 e. The Morgan fingerprint density at radius 2 is 1.72 bits per heavy atom. The van der Waals surface area contributed by atoms with Crippen LogP contribution in [-0.4, -0.2) is 20.7 Å². The van der Waals surface area contributed by atoms with E-state index < -0.39 is 0 Å². The van der Waals surface area contributed by atoms with Gasteiger partial charge in [0.15, 0.2) is 10.8 Å². The van der Waals surface area contributed by atoms with Crippen molar-refractivity contribution in [3.05, 3.63) is 76.7 Å². The first-order valence-electron chi connectivity index (χ1n) is 9.25. The summed E-state index contributed by atoms with van der Waals surface area (Å²) < 4.78 is 2.30. The highest BCUT2D eigenvalue weighted by atomic mass is 32.1. The fourth-order valence-electron chi connectivity index (χ4n) is 3.49. The minimum atomic E-state index is -0.383. The average Bonchev–Trinajstić information content (AvgIpc) is 3.17. The van der Waals surface area contributed by atoms with Crippen LogP contribution in [0.4, 0.5) is 5.13 Å². The van der Waals surface area contributed by atoms with Gasteiger partial charge < -0.3 is 0 Å². The van der Waals surface area contributed by atoms with Crippen LogP contribution in [0, 0.1) is 0 Å². The Bertz CT molecular complexity index is 1470. The van der Waals surface area contributed by atoms with E-state index in [2.05, 4.69) is 15.4 Å². The van der Waals surface area contributed by atoms with E-state index in [9.17, 15) is 9.59 Å². The average molecular weight is 400 g/mol. The molecule has 2 heterocycles. The number of nitrogens with one attached hydrogen (secondary N) is 1. The first-order valence-corrected chi connectivity index (χ1v) is 10.1. The standard InChI is InChI=1S/C22H16N4O2S/c1-2-26-21(28)16-10-6-5-9-15(16)19(25-26)20(27)24-22-23-18-14-8-4-3-7-13(14)11-12-17(18)29-22/h3-12H,2H2,1H3,(H,23,24,27). The van der Waals surface area contributed by atoms with E-state index in [1.807, 2.05) is 43.3 Å². The number of rotatable bonds is 3. The lowest BCUT2D eigenvalue weighted by Crippen LogP contribution is -2.27. The third kappa shape index (κ3) is 2.87. The van der Waals surface area contributed by atoms with Crippen LogP contribution in [-0.2, 0) is 6.54 Å². The molecule has 0 spiro atoms. The molecule has 7 heteroatoms. The third-order valence-electron chi connectivity index (χ3n) is 4.89. The van der Waals surface area contributed by atoms with Crippen LogP contribution >= 0.6 is 11.3 Å². The van der Waals surface area contributed by atoms with Crippen molar-refractivity contribution in [3.8, 4) is 0 Å². The van der Waals surface area contributed by atoms with Crippen LogP contribution in [0.1, 0.15) is 17.4 Å². The van der Waals surface area contributed by atoms with Crippen molar-refractivity contribution in [1.82, 2.24) is 14.8 Å². The van der Waals surface area contributed by atoms with Crippen molar-refractivity contribution in [2.75, 3.05) is 5.32 Å². The second-order valence-electron chi connectivity index (χ2n) is 6.62. The highest BCUT2D eigenvalue weighted by Crippen LogP contribution is 2.32. The molecular weight excluding hydrogens is 384 g/mol. The Morgan fingerprint density at radius 3 is 2.52 bits per heavy atom. The summed E-state index contributed by atoms with van der Waals surface area (Å²) in [5.41, 5.74) is 0.872. The number of carbonyl (C=O) groups is 1. The van der Waals surface area contributed by atoms with Crippen LogP contribution in [0.15, 0.2) is 65.5 Å². The molecule has 0 unspecified atom stereocenters. The van der Waals surface area contributed by atoms with Gasteiger partial charge in [-0.15, -0.1) is 0 Å². The molecule has 0 aliphatic heterocycles. The minimum absolute atomic E-state index is 0.203. The van der Waals surface area contributed by atoms with Gasteiger partial charge in [-0.2, -0.15) is 5.10 Å². The van der Waals surface area contributed by atoms with Gasteiger partial charge in [0.25, 0.3) is 11.5 Å². The number of benzene rings is 3. The number of amides is 1. The molecule has 3 aromatic carbocycles. The lowest BCUT2D eigenvalue weighted by Gasteiger charge is -2.08. The van der Waals surface area contributed by atoms with Gasteiger partial charge in [0.1, 0.15) is 0 Å². The van der Waals surface area contributed by atoms with Gasteiger partial charge in [-0.05, 0) is 24.4 Å². The molecule has 0 atom stereocenters. The summed E-state index contributed by atoms with van der Waals surface area (Å²) in [5.74, 6) is -0.383. The third-order valence-corrected chi connectivity index (χ3v) is 5.82. The molecule has 5 rings (SSSR count). The van der Waals surface area contributed by atoms with Gasteiger partial charge in [0.05, 0.1) is 15.6 Å². The molecule has 0 saturated heterocycles. The predicted octanol–water partition coefficient (Wildman–Crippen LogP) is 4.43. The summed E-state index contributed by atoms with van der Waals surface area (Å²) in [6.07, 6.45) is 0. The maximum atomic E-state index is 13.0. The fourth-order valence-corrected chi connectivity index (χ4v) is 4.37. The topological polar surface area (TPSA) is 76.9 Å². The van der Waals surface area contributed by atoms with Gasteiger partial charge in [0, 0.05) is 17.3 Å². The van der Waals surface area contributed by atoms with Gasteiger partial charge >= 0.3 is 0 Å². The Balaban J connectivity index is 1.60. The quantitative estimate of drug-likeness (QED) is 0.486. The number of nitrogens with zero attached hydrogens (tertiary/aromatic N) is 3. The number of carbonyl (C=O) groups excluding carboxylic acids is 1. The summed E-state index contributed by atoms with van der Waals surface area (Å²) in [6, 6.07) is 19.1. The van der Waals surface area contributed by atoms with Crippen molar-refractivity contribution < 1.29 is 4.79 Å². The number of thiazole rings is 1. The molecule has 0 radical (unpaired) electrons. The first kappa shape index (κ1) is 17.5. The van der Waals surface area contributed by atoms with E-state index in [-0.39, 0.29) is 17.2 Å². The second kappa shape index (κ2) is 6.79. The smallest absolute Gasteiger partial charge is 0.278 e. The predicted molar refractivity (Wildman–Crippen MR) is 117 cm³/mol. The molecule has 2 aromatic heterocycles. The van der Waals surface area contributed by atoms with Gasteiger partial charge in [-0.1, -0.05) is 59.9 Å². The summed E-state index contributed by atoms with van der Waals surface area (Å²) in [5, 5.41) is 10.8. The van der Waals surface area contributed by atoms with Crippen molar-refractivity contribution >= 4 is 54.1 Å². The van der Waals surface area contributed by atoms with Crippen LogP contribution in [0.5, 0.6) is 0 Å². The largest absolute Gasteiger partial charge is 0.296 e. The van der Waals surface area contributed by atoms with E-state index in [1.54, 1.807) is 24.3 Å². The van der Waals surface area contributed by atoms with Gasteiger partial charge in [-0.25, -0.2) is 9.67 Å². The molecule has 5 aromatic rings. The van der Waals surface area contributed by atoms with Crippen molar-refractivity contribution in [1.29, 1.82) is 0 Å². The molecule has 0 bridgehead atoms. The zero-order valence-corrected chi connectivity index (χ0v) is 16.4. The number of hydrogen-bond acceptors (Lipinski definition) is 5. The van der Waals surface area contributed by atoms with Crippen molar-refractivity contribution in [3.63, 3.8) is 0 Å². The molecule has 6 nitrogen and oxygen atoms in total. The maximum absolute atomic E-state index is 13.0. The molecular formula is C22H16N4O2S. The summed E-state index contributed by atoms with van der Waals surface area (Å²) in [7, 11) is 0.